The summed E-state index contributed by atoms with van der Waals surface area (Å²) in [5.41, 5.74) is -6.18. The van der Waals surface area contributed by atoms with Crippen molar-refractivity contribution in [2.45, 2.75) is 15.3 Å². The Morgan fingerprint density at radius 2 is 1.56 bits per heavy atom. The molecule has 0 aliphatic carbocycles. The van der Waals surface area contributed by atoms with Gasteiger partial charge in [-0.15, -0.1) is 0 Å². The van der Waals surface area contributed by atoms with Crippen LogP contribution >= 0.6 is 0 Å². The summed E-state index contributed by atoms with van der Waals surface area (Å²) in [6.45, 7) is 1.21. The molecule has 1 aliphatic heterocycles. The Kier molecular flexibility index (Phi) is 6.89. The molecule has 0 saturated carbocycles. The highest BCUT2D eigenvalue weighted by atomic mass is 32.2. The molecule has 1 heterocycles. The fraction of sp³-hybridized carbons (Fsp3) is 0.316. The van der Waals surface area contributed by atoms with Gasteiger partial charge in [0.15, 0.2) is 9.84 Å². The van der Waals surface area contributed by atoms with Crippen LogP contribution in [0.15, 0.2) is 58.3 Å². The maximum Gasteiger partial charge on any atom is 0.501 e. The second-order valence-corrected chi connectivity index (χ2v) is 11.2. The third kappa shape index (κ3) is 5.14. The molecule has 0 radical (unpaired) electrons. The molecule has 1 saturated heterocycles. The summed E-state index contributed by atoms with van der Waals surface area (Å²) in [5, 5.41) is 11.3. The molecule has 0 spiro atoms. The van der Waals surface area contributed by atoms with Crippen molar-refractivity contribution in [1.29, 1.82) is 0 Å². The minimum Gasteiger partial charge on any atom is -0.368 e. The molecule has 2 aromatic carbocycles. The number of hydrogen-bond acceptors (Lipinski definition) is 8. The Balaban J connectivity index is 1.79. The van der Waals surface area contributed by atoms with Gasteiger partial charge in [0.25, 0.3) is 15.5 Å². The second-order valence-electron chi connectivity index (χ2n) is 7.30. The molecule has 15 heteroatoms. The zero-order valence-corrected chi connectivity index (χ0v) is 18.9. The van der Waals surface area contributed by atoms with E-state index in [2.05, 4.69) is 0 Å². The monoisotopic (exact) mass is 521 g/mol. The number of nitrogens with zero attached hydrogens (tertiary/aromatic N) is 3. The molecule has 0 aromatic heterocycles. The van der Waals surface area contributed by atoms with Gasteiger partial charge in [-0.2, -0.15) is 13.2 Å². The van der Waals surface area contributed by atoms with Gasteiger partial charge in [0, 0.05) is 37.9 Å². The number of halogens is 3. The maximum absolute atomic E-state index is 12.8. The fourth-order valence-corrected chi connectivity index (χ4v) is 5.56. The first-order valence-electron chi connectivity index (χ1n) is 9.64. The Labute approximate surface area is 192 Å². The molecule has 1 fully saturated rings. The number of alkyl halides is 3. The van der Waals surface area contributed by atoms with Crippen molar-refractivity contribution >= 4 is 37.0 Å². The van der Waals surface area contributed by atoms with Gasteiger partial charge in [-0.25, -0.2) is 16.8 Å². The number of nitro groups is 1. The predicted octanol–water partition coefficient (Wildman–Crippen LogP) is 2.01. The van der Waals surface area contributed by atoms with E-state index in [0.29, 0.717) is 25.2 Å². The number of amides is 1. The van der Waals surface area contributed by atoms with Crippen LogP contribution in [0.4, 0.5) is 24.5 Å². The summed E-state index contributed by atoms with van der Waals surface area (Å²) in [6.07, 6.45) is 0. The molecule has 2 aromatic rings. The quantitative estimate of drug-likeness (QED) is 0.416. The third-order valence-electron chi connectivity index (χ3n) is 5.14. The van der Waals surface area contributed by atoms with Gasteiger partial charge < -0.3 is 9.80 Å². The van der Waals surface area contributed by atoms with Crippen LogP contribution in [0.2, 0.25) is 0 Å². The Morgan fingerprint density at radius 3 is 2.09 bits per heavy atom. The molecule has 0 atom stereocenters. The lowest BCUT2D eigenvalue weighted by Crippen LogP contribution is -2.50. The number of benzene rings is 2. The molecule has 1 aliphatic rings. The van der Waals surface area contributed by atoms with Gasteiger partial charge in [-0.05, 0) is 24.3 Å². The molecule has 184 valence electrons. The van der Waals surface area contributed by atoms with Gasteiger partial charge in [0.2, 0.25) is 5.91 Å². The van der Waals surface area contributed by atoms with E-state index in [1.54, 1.807) is 0 Å². The van der Waals surface area contributed by atoms with E-state index in [0.717, 1.165) is 5.69 Å². The largest absolute Gasteiger partial charge is 0.501 e. The Morgan fingerprint density at radius 1 is 0.971 bits per heavy atom. The zero-order chi connectivity index (χ0) is 25.3. The summed E-state index contributed by atoms with van der Waals surface area (Å²) in [6, 6.07) is 10.0. The predicted molar refractivity (Wildman–Crippen MR) is 114 cm³/mol. The van der Waals surface area contributed by atoms with Crippen LogP contribution in [0.5, 0.6) is 0 Å². The fourth-order valence-electron chi connectivity index (χ4n) is 3.39. The van der Waals surface area contributed by atoms with E-state index in [-0.39, 0.29) is 19.2 Å². The molecular formula is C19H18F3N3O7S2. The van der Waals surface area contributed by atoms with Crippen molar-refractivity contribution in [2.75, 3.05) is 36.8 Å². The Hall–Kier alpha value is -3.20. The lowest BCUT2D eigenvalue weighted by Gasteiger charge is -2.36. The van der Waals surface area contributed by atoms with Crippen LogP contribution in [0.3, 0.4) is 0 Å². The second kappa shape index (κ2) is 9.21. The van der Waals surface area contributed by atoms with E-state index in [1.807, 2.05) is 35.2 Å². The van der Waals surface area contributed by atoms with Gasteiger partial charge in [-0.1, -0.05) is 18.2 Å². The molecule has 0 bridgehead atoms. The SMILES string of the molecule is O=C(CS(=O)(=O)c1ccc(S(=O)(=O)C(F)(F)F)cc1[N+](=O)[O-])N1CCN(c2ccccc2)CC1. The van der Waals surface area contributed by atoms with Crippen molar-refractivity contribution < 1.29 is 39.7 Å². The van der Waals surface area contributed by atoms with E-state index >= 15 is 0 Å². The highest BCUT2D eigenvalue weighted by molar-refractivity contribution is 7.92. The molecule has 3 rings (SSSR count). The molecule has 1 amide bonds. The molecule has 0 N–H and O–H groups in total. The average molecular weight is 521 g/mol. The van der Waals surface area contributed by atoms with Gasteiger partial charge >= 0.3 is 5.51 Å². The standard InChI is InChI=1S/C19H18F3N3O7S2/c20-19(21,22)34(31,32)15-6-7-17(16(12-15)25(27)28)33(29,30)13-18(26)24-10-8-23(9-11-24)14-4-2-1-3-5-14/h1-7,12H,8-11,13H2. The number of piperazine rings is 1. The molecule has 34 heavy (non-hydrogen) atoms. The number of nitro benzene ring substituents is 1. The van der Waals surface area contributed by atoms with E-state index in [9.17, 15) is 44.9 Å². The number of carbonyl (C=O) groups excluding carboxylic acids is 1. The van der Waals surface area contributed by atoms with Crippen LogP contribution in [0.1, 0.15) is 0 Å². The van der Waals surface area contributed by atoms with Crippen LogP contribution in [0, 0.1) is 10.1 Å². The topological polar surface area (TPSA) is 135 Å². The zero-order valence-electron chi connectivity index (χ0n) is 17.3. The molecule has 10 nitrogen and oxygen atoms in total. The highest BCUT2D eigenvalue weighted by Gasteiger charge is 2.48. The lowest BCUT2D eigenvalue weighted by molar-refractivity contribution is -0.388. The summed E-state index contributed by atoms with van der Waals surface area (Å²) < 4.78 is 86.8. The minimum absolute atomic E-state index is 0.0266. The van der Waals surface area contributed by atoms with E-state index < -0.39 is 57.2 Å². The maximum atomic E-state index is 12.8. The van der Waals surface area contributed by atoms with Gasteiger partial charge in [-0.3, -0.25) is 14.9 Å². The number of hydrogen-bond donors (Lipinski definition) is 0. The summed E-state index contributed by atoms with van der Waals surface area (Å²) in [4.78, 5) is 23.3. The molecular weight excluding hydrogens is 503 g/mol. The lowest BCUT2D eigenvalue weighted by atomic mass is 10.2. The molecule has 0 unspecified atom stereocenters. The first-order valence-corrected chi connectivity index (χ1v) is 12.8. The van der Waals surface area contributed by atoms with Crippen LogP contribution in [0.25, 0.3) is 0 Å². The normalized spacial score (nSPS) is 15.3. The van der Waals surface area contributed by atoms with Crippen molar-refractivity contribution in [1.82, 2.24) is 4.90 Å². The van der Waals surface area contributed by atoms with E-state index in [4.69, 9.17) is 0 Å². The van der Waals surface area contributed by atoms with Crippen molar-refractivity contribution in [2.24, 2.45) is 0 Å². The van der Waals surface area contributed by atoms with Gasteiger partial charge in [0.1, 0.15) is 10.6 Å². The van der Waals surface area contributed by atoms with E-state index in [1.165, 1.54) is 4.90 Å². The highest BCUT2D eigenvalue weighted by Crippen LogP contribution is 2.34. The third-order valence-corrected chi connectivity index (χ3v) is 8.27. The van der Waals surface area contributed by atoms with Crippen LogP contribution < -0.4 is 4.90 Å². The van der Waals surface area contributed by atoms with Gasteiger partial charge in [0.05, 0.1) is 9.82 Å². The average Bonchev–Trinajstić information content (AvgIpc) is 2.78. The van der Waals surface area contributed by atoms with Crippen molar-refractivity contribution in [3.8, 4) is 0 Å². The minimum atomic E-state index is -5.94. The number of carbonyl (C=O) groups is 1. The first kappa shape index (κ1) is 25.4. The number of rotatable bonds is 6. The smallest absolute Gasteiger partial charge is 0.368 e. The number of anilines is 1. The van der Waals surface area contributed by atoms with Crippen molar-refractivity contribution in [3.63, 3.8) is 0 Å². The van der Waals surface area contributed by atoms with Crippen LogP contribution in [-0.2, 0) is 24.5 Å². The first-order chi connectivity index (χ1) is 15.7. The number of para-hydroxylation sites is 1. The summed E-state index contributed by atoms with van der Waals surface area (Å²) in [7, 11) is -10.6. The van der Waals surface area contributed by atoms with Crippen LogP contribution in [-0.4, -0.2) is 70.0 Å². The summed E-state index contributed by atoms with van der Waals surface area (Å²) in [5.74, 6) is -2.00. The number of sulfone groups is 2. The van der Waals surface area contributed by atoms with Crippen molar-refractivity contribution in [3.05, 3.63) is 58.6 Å². The Bertz CT molecular complexity index is 1310. The summed E-state index contributed by atoms with van der Waals surface area (Å²) >= 11 is 0.